The second-order valence-corrected chi connectivity index (χ2v) is 10.5. The van der Waals surface area contributed by atoms with Crippen LogP contribution in [0.5, 0.6) is 11.5 Å². The summed E-state index contributed by atoms with van der Waals surface area (Å²) in [6.45, 7) is 7.38. The minimum atomic E-state index is -0.594. The quantitative estimate of drug-likeness (QED) is 0.665. The average molecular weight is 420 g/mol. The number of carbonyl (C=O) groups excluding carboxylic acids is 2. The first-order valence-electron chi connectivity index (χ1n) is 11.1. The van der Waals surface area contributed by atoms with Gasteiger partial charge in [-0.1, -0.05) is 57.2 Å². The summed E-state index contributed by atoms with van der Waals surface area (Å²) in [6.07, 6.45) is 3.16. The number of fused-ring (bicyclic) bond motifs is 4. The predicted molar refractivity (Wildman–Crippen MR) is 117 cm³/mol. The highest BCUT2D eigenvalue weighted by Crippen LogP contribution is 2.52. The molecule has 1 amide bonds. The molecule has 5 rings (SSSR count). The van der Waals surface area contributed by atoms with Crippen LogP contribution in [0.1, 0.15) is 57.1 Å². The van der Waals surface area contributed by atoms with Crippen molar-refractivity contribution in [1.82, 2.24) is 4.90 Å². The molecule has 2 aliphatic heterocycles. The highest BCUT2D eigenvalue weighted by atomic mass is 16.5. The molecule has 2 aromatic rings. The van der Waals surface area contributed by atoms with Crippen LogP contribution in [0, 0.1) is 10.8 Å². The van der Waals surface area contributed by atoms with Gasteiger partial charge < -0.3 is 14.4 Å². The molecular formula is C26H29NO4. The number of hydrogen-bond acceptors (Lipinski definition) is 4. The van der Waals surface area contributed by atoms with Crippen LogP contribution in [-0.4, -0.2) is 36.0 Å². The van der Waals surface area contributed by atoms with E-state index >= 15 is 0 Å². The van der Waals surface area contributed by atoms with Gasteiger partial charge in [-0.05, 0) is 42.2 Å². The van der Waals surface area contributed by atoms with E-state index in [1.165, 1.54) is 0 Å². The van der Waals surface area contributed by atoms with Gasteiger partial charge in [0.15, 0.2) is 6.61 Å². The molecule has 0 aromatic heterocycles. The first kappa shape index (κ1) is 20.1. The van der Waals surface area contributed by atoms with Crippen molar-refractivity contribution >= 4 is 11.9 Å². The normalized spacial score (nSPS) is 25.9. The largest absolute Gasteiger partial charge is 0.457 e. The lowest BCUT2D eigenvalue weighted by atomic mass is 9.65. The van der Waals surface area contributed by atoms with E-state index in [0.29, 0.717) is 11.5 Å². The first-order valence-corrected chi connectivity index (χ1v) is 11.1. The van der Waals surface area contributed by atoms with Gasteiger partial charge in [-0.25, -0.2) is 0 Å². The molecule has 2 atom stereocenters. The summed E-state index contributed by atoms with van der Waals surface area (Å²) in [6, 6.07) is 15.2. The highest BCUT2D eigenvalue weighted by molar-refractivity contribution is 5.88. The number of likely N-dealkylation sites (tertiary alicyclic amines) is 1. The summed E-state index contributed by atoms with van der Waals surface area (Å²) in [5, 5.41) is 0. The number of ether oxygens (including phenoxy) is 2. The van der Waals surface area contributed by atoms with Gasteiger partial charge in [-0.15, -0.1) is 0 Å². The average Bonchev–Trinajstić information content (AvgIpc) is 2.98. The summed E-state index contributed by atoms with van der Waals surface area (Å²) in [5.74, 6) is 0.206. The van der Waals surface area contributed by atoms with Crippen LogP contribution < -0.4 is 4.74 Å². The van der Waals surface area contributed by atoms with E-state index in [2.05, 4.69) is 20.8 Å². The maximum Gasteiger partial charge on any atom is 0.318 e. The molecule has 2 bridgehead atoms. The van der Waals surface area contributed by atoms with Crippen LogP contribution in [0.2, 0.25) is 0 Å². The van der Waals surface area contributed by atoms with Crippen LogP contribution >= 0.6 is 0 Å². The van der Waals surface area contributed by atoms with E-state index in [1.54, 1.807) is 0 Å². The molecule has 2 fully saturated rings. The Bertz CT molecular complexity index is 1000. The topological polar surface area (TPSA) is 55.8 Å². The van der Waals surface area contributed by atoms with Gasteiger partial charge in [0.2, 0.25) is 0 Å². The Morgan fingerprint density at radius 1 is 1.00 bits per heavy atom. The standard InChI is InChI=1S/C26H29NO4/c1-25(2)12-17-13-26(3,15-25)16-27(17)22(28)14-30-24(29)23-18-8-4-6-10-20(18)31-21-11-7-5-9-19(21)23/h4-11,17,23H,12-16H2,1-3H3/t17-,26+/m0/s1. The third kappa shape index (κ3) is 3.60. The maximum atomic E-state index is 13.2. The molecule has 31 heavy (non-hydrogen) atoms. The van der Waals surface area contributed by atoms with E-state index in [9.17, 15) is 9.59 Å². The van der Waals surface area contributed by atoms with Crippen molar-refractivity contribution in [2.24, 2.45) is 10.8 Å². The van der Waals surface area contributed by atoms with E-state index in [-0.39, 0.29) is 29.4 Å². The summed E-state index contributed by atoms with van der Waals surface area (Å²) in [7, 11) is 0. The van der Waals surface area contributed by atoms with Gasteiger partial charge >= 0.3 is 5.97 Å². The smallest absolute Gasteiger partial charge is 0.318 e. The molecule has 2 aromatic carbocycles. The van der Waals surface area contributed by atoms with Crippen molar-refractivity contribution in [3.63, 3.8) is 0 Å². The first-order chi connectivity index (χ1) is 14.7. The van der Waals surface area contributed by atoms with Gasteiger partial charge in [0.1, 0.15) is 17.4 Å². The number of para-hydroxylation sites is 2. The Morgan fingerprint density at radius 3 is 2.26 bits per heavy atom. The minimum absolute atomic E-state index is 0.0894. The molecule has 5 nitrogen and oxygen atoms in total. The van der Waals surface area contributed by atoms with Crippen LogP contribution in [0.3, 0.4) is 0 Å². The van der Waals surface area contributed by atoms with Crippen molar-refractivity contribution in [1.29, 1.82) is 0 Å². The maximum absolute atomic E-state index is 13.2. The van der Waals surface area contributed by atoms with Crippen molar-refractivity contribution in [3.8, 4) is 11.5 Å². The number of hydrogen-bond donors (Lipinski definition) is 0. The Morgan fingerprint density at radius 2 is 1.61 bits per heavy atom. The molecule has 0 N–H and O–H groups in total. The highest BCUT2D eigenvalue weighted by Gasteiger charge is 2.51. The van der Waals surface area contributed by atoms with E-state index in [0.717, 1.165) is 36.9 Å². The Balaban J connectivity index is 1.32. The van der Waals surface area contributed by atoms with Crippen molar-refractivity contribution in [2.75, 3.05) is 13.2 Å². The third-order valence-corrected chi connectivity index (χ3v) is 6.99. The molecule has 1 saturated carbocycles. The number of carbonyl (C=O) groups is 2. The van der Waals surface area contributed by atoms with Gasteiger partial charge in [0.25, 0.3) is 5.91 Å². The fraction of sp³-hybridized carbons (Fsp3) is 0.462. The fourth-order valence-electron chi connectivity index (χ4n) is 6.21. The summed E-state index contributed by atoms with van der Waals surface area (Å²) >= 11 is 0. The number of rotatable bonds is 3. The lowest BCUT2D eigenvalue weighted by molar-refractivity contribution is -0.153. The second-order valence-electron chi connectivity index (χ2n) is 10.5. The number of benzene rings is 2. The Kier molecular flexibility index (Phi) is 4.61. The molecular weight excluding hydrogens is 390 g/mol. The zero-order valence-electron chi connectivity index (χ0n) is 18.4. The van der Waals surface area contributed by atoms with E-state index in [1.807, 2.05) is 53.4 Å². The van der Waals surface area contributed by atoms with Gasteiger partial charge in [0, 0.05) is 23.7 Å². The molecule has 5 heteroatoms. The van der Waals surface area contributed by atoms with Gasteiger partial charge in [-0.2, -0.15) is 0 Å². The fourth-order valence-corrected chi connectivity index (χ4v) is 6.21. The third-order valence-electron chi connectivity index (χ3n) is 6.99. The number of esters is 1. The van der Waals surface area contributed by atoms with Crippen molar-refractivity contribution < 1.29 is 19.1 Å². The number of nitrogens with zero attached hydrogens (tertiary/aromatic N) is 1. The van der Waals surface area contributed by atoms with Crippen LogP contribution in [0.25, 0.3) is 0 Å². The van der Waals surface area contributed by atoms with Crippen molar-refractivity contribution in [3.05, 3.63) is 59.7 Å². The molecule has 1 saturated heterocycles. The molecule has 0 radical (unpaired) electrons. The van der Waals surface area contributed by atoms with E-state index < -0.39 is 11.9 Å². The zero-order chi connectivity index (χ0) is 21.8. The van der Waals surface area contributed by atoms with Crippen molar-refractivity contribution in [2.45, 2.75) is 52.0 Å². The Hall–Kier alpha value is -2.82. The summed E-state index contributed by atoms with van der Waals surface area (Å²) in [4.78, 5) is 28.2. The molecule has 2 heterocycles. The van der Waals surface area contributed by atoms with Gasteiger partial charge in [-0.3, -0.25) is 9.59 Å². The molecule has 162 valence electrons. The SMILES string of the molecule is CC1(C)C[C@H]2C[C@@](C)(CN2C(=O)COC(=O)C2c3ccccc3Oc3ccccc32)C1. The monoisotopic (exact) mass is 419 g/mol. The summed E-state index contributed by atoms with van der Waals surface area (Å²) in [5.41, 5.74) is 1.93. The lowest BCUT2D eigenvalue weighted by Crippen LogP contribution is -2.40. The molecule has 0 spiro atoms. The summed E-state index contributed by atoms with van der Waals surface area (Å²) < 4.78 is 11.6. The van der Waals surface area contributed by atoms with Crippen LogP contribution in [0.15, 0.2) is 48.5 Å². The molecule has 3 aliphatic rings. The number of amides is 1. The second kappa shape index (κ2) is 7.11. The molecule has 0 unspecified atom stereocenters. The van der Waals surface area contributed by atoms with E-state index in [4.69, 9.17) is 9.47 Å². The predicted octanol–water partition coefficient (Wildman–Crippen LogP) is 4.89. The lowest BCUT2D eigenvalue weighted by Gasteiger charge is -2.39. The van der Waals surface area contributed by atoms with Gasteiger partial charge in [0.05, 0.1) is 0 Å². The Labute approximate surface area is 183 Å². The van der Waals surface area contributed by atoms with Crippen LogP contribution in [-0.2, 0) is 14.3 Å². The minimum Gasteiger partial charge on any atom is -0.457 e. The van der Waals surface area contributed by atoms with Crippen LogP contribution in [0.4, 0.5) is 0 Å². The molecule has 1 aliphatic carbocycles. The zero-order valence-corrected chi connectivity index (χ0v) is 18.4.